The SMILES string of the molecule is C[C@H](CO)N1C[C@H](C)[C@@H](CN(C)S(=O)(=O)c2ccccc2)Oc2ccc(NC(=O)CCCCCC(=O)Nc3ccccc3N)cc2CC1=O. The van der Waals surface area contributed by atoms with E-state index in [0.29, 0.717) is 54.1 Å². The maximum Gasteiger partial charge on any atom is 0.242 e. The van der Waals surface area contributed by atoms with Crippen molar-refractivity contribution in [3.63, 3.8) is 0 Å². The molecule has 4 rings (SSSR count). The lowest BCUT2D eigenvalue weighted by Crippen LogP contribution is -2.48. The van der Waals surface area contributed by atoms with Gasteiger partial charge in [-0.3, -0.25) is 14.4 Å². The number of hydrogen-bond acceptors (Lipinski definition) is 8. The van der Waals surface area contributed by atoms with Gasteiger partial charge in [0.2, 0.25) is 27.7 Å². The third kappa shape index (κ3) is 10.3. The monoisotopic (exact) mass is 693 g/mol. The minimum Gasteiger partial charge on any atom is -0.488 e. The Morgan fingerprint density at radius 2 is 1.65 bits per heavy atom. The number of rotatable bonds is 14. The quantitative estimate of drug-likeness (QED) is 0.143. The summed E-state index contributed by atoms with van der Waals surface area (Å²) in [5.74, 6) is -0.427. The predicted molar refractivity (Wildman–Crippen MR) is 189 cm³/mol. The Morgan fingerprint density at radius 1 is 1.00 bits per heavy atom. The first kappa shape index (κ1) is 37.4. The summed E-state index contributed by atoms with van der Waals surface area (Å²) in [5.41, 5.74) is 7.99. The molecular weight excluding hydrogens is 646 g/mol. The summed E-state index contributed by atoms with van der Waals surface area (Å²) in [4.78, 5) is 40.4. The molecular formula is C36H47N5O7S. The normalized spacial score (nSPS) is 17.2. The van der Waals surface area contributed by atoms with Gasteiger partial charge in [-0.15, -0.1) is 0 Å². The molecule has 1 aliphatic heterocycles. The van der Waals surface area contributed by atoms with Gasteiger partial charge in [-0.05, 0) is 62.2 Å². The number of sulfonamides is 1. The van der Waals surface area contributed by atoms with Gasteiger partial charge >= 0.3 is 0 Å². The van der Waals surface area contributed by atoms with E-state index in [1.165, 1.54) is 23.5 Å². The Kier molecular flexibility index (Phi) is 13.2. The van der Waals surface area contributed by atoms with Crippen LogP contribution in [0.1, 0.15) is 51.5 Å². The first-order valence-electron chi connectivity index (χ1n) is 16.5. The second-order valence-electron chi connectivity index (χ2n) is 12.6. The predicted octanol–water partition coefficient (Wildman–Crippen LogP) is 4.27. The zero-order valence-corrected chi connectivity index (χ0v) is 29.1. The van der Waals surface area contributed by atoms with E-state index in [1.54, 1.807) is 72.5 Å². The van der Waals surface area contributed by atoms with Crippen LogP contribution < -0.4 is 21.1 Å². The van der Waals surface area contributed by atoms with E-state index >= 15 is 0 Å². The summed E-state index contributed by atoms with van der Waals surface area (Å²) in [5, 5.41) is 15.6. The number of aliphatic hydroxyl groups excluding tert-OH is 1. The molecule has 0 aliphatic carbocycles. The molecule has 3 amide bonds. The Bertz CT molecular complexity index is 1700. The van der Waals surface area contributed by atoms with E-state index in [2.05, 4.69) is 10.6 Å². The topological polar surface area (TPSA) is 171 Å². The highest BCUT2D eigenvalue weighted by atomic mass is 32.2. The van der Waals surface area contributed by atoms with Crippen molar-refractivity contribution in [2.75, 3.05) is 43.1 Å². The Labute approximate surface area is 288 Å². The fourth-order valence-corrected chi connectivity index (χ4v) is 6.85. The van der Waals surface area contributed by atoms with Crippen molar-refractivity contribution in [1.82, 2.24) is 9.21 Å². The van der Waals surface area contributed by atoms with Crippen LogP contribution in [0, 0.1) is 5.92 Å². The summed E-state index contributed by atoms with van der Waals surface area (Å²) in [6.07, 6.45) is 1.80. The molecule has 13 heteroatoms. The van der Waals surface area contributed by atoms with E-state index in [0.717, 1.165) is 0 Å². The average Bonchev–Trinajstić information content (AvgIpc) is 3.12. The highest BCUT2D eigenvalue weighted by Crippen LogP contribution is 2.30. The molecule has 264 valence electrons. The lowest BCUT2D eigenvalue weighted by atomic mass is 10.0. The van der Waals surface area contributed by atoms with Gasteiger partial charge in [-0.1, -0.05) is 43.7 Å². The maximum absolute atomic E-state index is 13.5. The number of amides is 3. The molecule has 5 N–H and O–H groups in total. The number of fused-ring (bicyclic) bond motifs is 1. The van der Waals surface area contributed by atoms with E-state index in [1.807, 2.05) is 6.92 Å². The summed E-state index contributed by atoms with van der Waals surface area (Å²) >= 11 is 0. The highest BCUT2D eigenvalue weighted by molar-refractivity contribution is 7.89. The van der Waals surface area contributed by atoms with Crippen molar-refractivity contribution in [1.29, 1.82) is 0 Å². The van der Waals surface area contributed by atoms with Crippen LogP contribution in [0.3, 0.4) is 0 Å². The van der Waals surface area contributed by atoms with E-state index in [4.69, 9.17) is 10.5 Å². The number of para-hydroxylation sites is 2. The molecule has 1 aliphatic rings. The first-order valence-corrected chi connectivity index (χ1v) is 18.0. The number of hydrogen-bond donors (Lipinski definition) is 4. The van der Waals surface area contributed by atoms with E-state index in [9.17, 15) is 27.9 Å². The average molecular weight is 694 g/mol. The number of nitrogen functional groups attached to an aromatic ring is 1. The molecule has 49 heavy (non-hydrogen) atoms. The summed E-state index contributed by atoms with van der Waals surface area (Å²) < 4.78 is 34.4. The largest absolute Gasteiger partial charge is 0.488 e. The van der Waals surface area contributed by atoms with Crippen molar-refractivity contribution < 1.29 is 32.6 Å². The number of unbranched alkanes of at least 4 members (excludes halogenated alkanes) is 2. The molecule has 0 radical (unpaired) electrons. The lowest BCUT2D eigenvalue weighted by Gasteiger charge is -2.33. The fraction of sp³-hybridized carbons (Fsp3) is 0.417. The maximum atomic E-state index is 13.5. The molecule has 1 heterocycles. The number of carbonyl (C=O) groups is 3. The van der Waals surface area contributed by atoms with Crippen molar-refractivity contribution in [3.8, 4) is 5.75 Å². The van der Waals surface area contributed by atoms with Gasteiger partial charge in [-0.2, -0.15) is 4.31 Å². The third-order valence-electron chi connectivity index (χ3n) is 8.63. The summed E-state index contributed by atoms with van der Waals surface area (Å²) in [6, 6.07) is 19.8. The van der Waals surface area contributed by atoms with Crippen LogP contribution in [0.2, 0.25) is 0 Å². The molecule has 0 aromatic heterocycles. The number of anilines is 3. The van der Waals surface area contributed by atoms with Crippen LogP contribution >= 0.6 is 0 Å². The number of ether oxygens (including phenoxy) is 1. The Hall–Kier alpha value is -4.46. The molecule has 0 unspecified atom stereocenters. The summed E-state index contributed by atoms with van der Waals surface area (Å²) in [7, 11) is -2.30. The van der Waals surface area contributed by atoms with Gasteiger partial charge in [0.25, 0.3) is 0 Å². The van der Waals surface area contributed by atoms with Gasteiger partial charge in [0.15, 0.2) is 0 Å². The molecule has 3 aromatic rings. The van der Waals surface area contributed by atoms with Crippen LogP contribution in [-0.4, -0.2) is 79.3 Å². The zero-order valence-electron chi connectivity index (χ0n) is 28.3. The smallest absolute Gasteiger partial charge is 0.242 e. The Balaban J connectivity index is 1.40. The molecule has 0 saturated heterocycles. The highest BCUT2D eigenvalue weighted by Gasteiger charge is 2.33. The van der Waals surface area contributed by atoms with Crippen LogP contribution in [-0.2, 0) is 30.8 Å². The number of benzene rings is 3. The molecule has 3 atom stereocenters. The zero-order chi connectivity index (χ0) is 35.6. The van der Waals surface area contributed by atoms with Gasteiger partial charge in [-0.25, -0.2) is 8.42 Å². The number of nitrogens with one attached hydrogen (secondary N) is 2. The third-order valence-corrected chi connectivity index (χ3v) is 10.5. The number of likely N-dealkylation sites (N-methyl/N-ethyl adjacent to an activating group) is 1. The number of carbonyl (C=O) groups excluding carboxylic acids is 3. The molecule has 0 fully saturated rings. The number of nitrogens with zero attached hydrogens (tertiary/aromatic N) is 2. The molecule has 0 spiro atoms. The van der Waals surface area contributed by atoms with Gasteiger partial charge in [0.1, 0.15) is 11.9 Å². The van der Waals surface area contributed by atoms with Crippen molar-refractivity contribution in [3.05, 3.63) is 78.4 Å². The number of aliphatic hydroxyl groups is 1. The van der Waals surface area contributed by atoms with Crippen molar-refractivity contribution in [2.45, 2.75) is 69.4 Å². The molecule has 12 nitrogen and oxygen atoms in total. The van der Waals surface area contributed by atoms with Crippen molar-refractivity contribution >= 4 is 44.8 Å². The molecule has 0 saturated carbocycles. The van der Waals surface area contributed by atoms with Gasteiger partial charge in [0, 0.05) is 43.6 Å². The standard InChI is InChI=1S/C36H47N5O7S/c1-25-22-41(26(2)24-42)36(45)21-27-20-28(38-34(43)16-8-5-9-17-35(44)39-31-15-11-10-14-30(31)37)18-19-32(27)48-33(25)23-40(3)49(46,47)29-12-6-4-7-13-29/h4,6-7,10-15,18-20,25-26,33,42H,5,8-9,16-17,21-24,37H2,1-3H3,(H,38,43)(H,39,44)/t25-,26+,33+/m0/s1. The first-order chi connectivity index (χ1) is 23.4. The van der Waals surface area contributed by atoms with E-state index in [-0.39, 0.29) is 61.1 Å². The minimum absolute atomic E-state index is 0.0217. The van der Waals surface area contributed by atoms with Gasteiger partial charge in [0.05, 0.1) is 41.9 Å². The second-order valence-corrected chi connectivity index (χ2v) is 14.6. The van der Waals surface area contributed by atoms with Crippen LogP contribution in [0.25, 0.3) is 0 Å². The van der Waals surface area contributed by atoms with Crippen LogP contribution in [0.4, 0.5) is 17.1 Å². The minimum atomic E-state index is -3.80. The second kappa shape index (κ2) is 17.3. The molecule has 0 bridgehead atoms. The van der Waals surface area contributed by atoms with E-state index < -0.39 is 22.2 Å². The van der Waals surface area contributed by atoms with Crippen LogP contribution in [0.5, 0.6) is 5.75 Å². The van der Waals surface area contributed by atoms with Crippen LogP contribution in [0.15, 0.2) is 77.7 Å². The fourth-order valence-electron chi connectivity index (χ4n) is 5.64. The van der Waals surface area contributed by atoms with Gasteiger partial charge < -0.3 is 31.1 Å². The molecule has 3 aromatic carbocycles. The Morgan fingerprint density at radius 3 is 2.33 bits per heavy atom. The lowest BCUT2D eigenvalue weighted by molar-refractivity contribution is -0.134. The van der Waals surface area contributed by atoms with Crippen molar-refractivity contribution in [2.24, 2.45) is 5.92 Å². The number of nitrogens with two attached hydrogens (primary N) is 1. The summed E-state index contributed by atoms with van der Waals surface area (Å²) in [6.45, 7) is 3.69.